The third-order valence-corrected chi connectivity index (χ3v) is 6.03. The Hall–Kier alpha value is -2.82. The first-order valence-corrected chi connectivity index (χ1v) is 11.3. The number of nitrogens with zero attached hydrogens (tertiary/aromatic N) is 3. The van der Waals surface area contributed by atoms with Crippen molar-refractivity contribution in [2.45, 2.75) is 24.2 Å². The van der Waals surface area contributed by atoms with E-state index in [2.05, 4.69) is 15.1 Å². The van der Waals surface area contributed by atoms with Gasteiger partial charge in [-0.3, -0.25) is 4.90 Å². The lowest BCUT2D eigenvalue weighted by Crippen LogP contribution is -2.33. The lowest BCUT2D eigenvalue weighted by molar-refractivity contribution is 0.183. The van der Waals surface area contributed by atoms with Crippen LogP contribution in [-0.4, -0.2) is 45.4 Å². The number of hydrogen-bond acceptors (Lipinski definition) is 7. The van der Waals surface area contributed by atoms with E-state index in [4.69, 9.17) is 21.2 Å². The van der Waals surface area contributed by atoms with Crippen molar-refractivity contribution in [3.63, 3.8) is 0 Å². The molecular weight excluding hydrogens is 404 g/mol. The Kier molecular flexibility index (Phi) is 7.14. The van der Waals surface area contributed by atoms with E-state index in [-0.39, 0.29) is 16.3 Å². The largest absolute Gasteiger partial charge is 0.492 e. The van der Waals surface area contributed by atoms with Crippen molar-refractivity contribution < 1.29 is 13.2 Å². The van der Waals surface area contributed by atoms with Gasteiger partial charge >= 0.3 is 0 Å². The number of hydrogen-bond donors (Lipinski definition) is 3. The second-order valence-electron chi connectivity index (χ2n) is 7.06. The summed E-state index contributed by atoms with van der Waals surface area (Å²) in [6.45, 7) is 3.74. The maximum atomic E-state index is 12.0. The Bertz CT molecular complexity index is 1020. The van der Waals surface area contributed by atoms with Crippen molar-refractivity contribution in [2.24, 2.45) is 21.2 Å². The van der Waals surface area contributed by atoms with Crippen LogP contribution in [0.5, 0.6) is 5.75 Å². The Morgan fingerprint density at radius 3 is 2.40 bits per heavy atom. The Balaban J connectivity index is 1.82. The number of primary sulfonamides is 1. The summed E-state index contributed by atoms with van der Waals surface area (Å²) in [4.78, 5) is 2.21. The zero-order valence-electron chi connectivity index (χ0n) is 16.6. The molecule has 9 nitrogen and oxygen atoms in total. The number of benzene rings is 2. The number of likely N-dealkylation sites (tertiary alicyclic amines) is 1. The normalized spacial score (nSPS) is 15.7. The maximum Gasteiger partial charge on any atom is 0.238 e. The van der Waals surface area contributed by atoms with Crippen LogP contribution in [-0.2, 0) is 10.0 Å². The molecule has 0 amide bonds. The molecule has 30 heavy (non-hydrogen) atoms. The van der Waals surface area contributed by atoms with E-state index in [9.17, 15) is 8.42 Å². The summed E-state index contributed by atoms with van der Waals surface area (Å²) in [6, 6.07) is 11.8. The molecule has 5 N–H and O–H groups in total. The van der Waals surface area contributed by atoms with E-state index in [1.165, 1.54) is 25.3 Å². The third kappa shape index (κ3) is 5.21. The summed E-state index contributed by atoms with van der Waals surface area (Å²) in [6.07, 6.45) is 3.79. The summed E-state index contributed by atoms with van der Waals surface area (Å²) < 4.78 is 29.9. The van der Waals surface area contributed by atoms with E-state index in [1.807, 2.05) is 12.1 Å². The molecule has 3 rings (SSSR count). The zero-order chi connectivity index (χ0) is 21.6. The Labute approximate surface area is 176 Å². The average Bonchev–Trinajstić information content (AvgIpc) is 2.75. The quantitative estimate of drug-likeness (QED) is 0.203. The van der Waals surface area contributed by atoms with Crippen LogP contribution < -0.4 is 15.7 Å². The number of rotatable bonds is 7. The van der Waals surface area contributed by atoms with Crippen LogP contribution in [0.1, 0.15) is 24.8 Å². The van der Waals surface area contributed by atoms with Gasteiger partial charge in [-0.1, -0.05) is 30.7 Å². The molecule has 0 bridgehead atoms. The summed E-state index contributed by atoms with van der Waals surface area (Å²) >= 11 is 0. The minimum atomic E-state index is -4.07. The Morgan fingerprint density at radius 2 is 1.80 bits per heavy atom. The number of piperidine rings is 1. The summed E-state index contributed by atoms with van der Waals surface area (Å²) in [5.74, 6) is 5.82. The molecule has 1 aliphatic heterocycles. The van der Waals surface area contributed by atoms with Crippen LogP contribution in [0.15, 0.2) is 57.6 Å². The molecule has 1 aliphatic rings. The average molecular weight is 431 g/mol. The molecule has 1 heterocycles. The SMILES string of the molecule is N=N/C(=N\N)c1c(-c2ccc(OCCN3CCCCC3)cc2)cccc1S(N)(=O)=O. The van der Waals surface area contributed by atoms with Gasteiger partial charge in [0.2, 0.25) is 15.9 Å². The second-order valence-corrected chi connectivity index (χ2v) is 8.59. The molecule has 0 radical (unpaired) electrons. The van der Waals surface area contributed by atoms with Gasteiger partial charge in [-0.05, 0) is 55.3 Å². The predicted octanol–water partition coefficient (Wildman–Crippen LogP) is 2.52. The maximum absolute atomic E-state index is 12.0. The highest BCUT2D eigenvalue weighted by Crippen LogP contribution is 2.30. The summed E-state index contributed by atoms with van der Waals surface area (Å²) in [5.41, 5.74) is 8.60. The standard InChI is InChI=1S/C20H26N6O3S/c21-24-20(25-22)19-17(5-4-6-18(19)30(23,27)28)15-7-9-16(10-8-15)29-14-13-26-11-2-1-3-12-26/h4-10,21H,1-3,11-14,22H2,(H2,23,27,28)/b24-21?,25-20-. The number of sulfonamides is 1. The minimum Gasteiger partial charge on any atom is -0.492 e. The monoisotopic (exact) mass is 430 g/mol. The highest BCUT2D eigenvalue weighted by Gasteiger charge is 2.22. The van der Waals surface area contributed by atoms with Crippen molar-refractivity contribution in [3.05, 3.63) is 48.0 Å². The summed E-state index contributed by atoms with van der Waals surface area (Å²) in [7, 11) is -4.07. The third-order valence-electron chi connectivity index (χ3n) is 5.07. The van der Waals surface area contributed by atoms with Gasteiger partial charge in [0, 0.05) is 6.54 Å². The number of nitrogens with one attached hydrogen (secondary N) is 1. The first-order valence-electron chi connectivity index (χ1n) is 9.71. The predicted molar refractivity (Wildman–Crippen MR) is 115 cm³/mol. The Morgan fingerprint density at radius 1 is 1.10 bits per heavy atom. The highest BCUT2D eigenvalue weighted by atomic mass is 32.2. The van der Waals surface area contributed by atoms with Gasteiger partial charge in [0.05, 0.1) is 10.5 Å². The molecule has 0 spiro atoms. The van der Waals surface area contributed by atoms with Gasteiger partial charge < -0.3 is 10.6 Å². The van der Waals surface area contributed by atoms with Crippen molar-refractivity contribution in [1.82, 2.24) is 4.90 Å². The summed E-state index contributed by atoms with van der Waals surface area (Å²) in [5, 5.41) is 12.1. The molecule has 0 atom stereocenters. The molecule has 2 aromatic rings. The molecule has 1 saturated heterocycles. The van der Waals surface area contributed by atoms with Crippen LogP contribution in [0, 0.1) is 5.53 Å². The van der Waals surface area contributed by atoms with E-state index in [0.29, 0.717) is 17.7 Å². The van der Waals surface area contributed by atoms with Crippen LogP contribution in [0.4, 0.5) is 0 Å². The fourth-order valence-electron chi connectivity index (χ4n) is 3.60. The number of amidine groups is 1. The fraction of sp³-hybridized carbons (Fsp3) is 0.350. The van der Waals surface area contributed by atoms with E-state index in [0.717, 1.165) is 25.4 Å². The highest BCUT2D eigenvalue weighted by molar-refractivity contribution is 7.89. The molecule has 2 aromatic carbocycles. The lowest BCUT2D eigenvalue weighted by Gasteiger charge is -2.26. The van der Waals surface area contributed by atoms with E-state index in [1.54, 1.807) is 24.3 Å². The van der Waals surface area contributed by atoms with Gasteiger partial charge in [0.15, 0.2) is 0 Å². The number of nitrogens with two attached hydrogens (primary N) is 2. The number of hydrazone groups is 1. The van der Waals surface area contributed by atoms with Gasteiger partial charge in [0.1, 0.15) is 12.4 Å². The first kappa shape index (κ1) is 21.9. The molecule has 0 unspecified atom stereocenters. The molecule has 160 valence electrons. The smallest absolute Gasteiger partial charge is 0.238 e. The second kappa shape index (κ2) is 9.79. The lowest BCUT2D eigenvalue weighted by atomic mass is 9.99. The molecule has 1 fully saturated rings. The molecule has 0 saturated carbocycles. The molecule has 0 aliphatic carbocycles. The minimum absolute atomic E-state index is 0.0938. The van der Waals surface area contributed by atoms with Crippen molar-refractivity contribution in [3.8, 4) is 16.9 Å². The molecule has 10 heteroatoms. The van der Waals surface area contributed by atoms with Crippen LogP contribution in [0.3, 0.4) is 0 Å². The van der Waals surface area contributed by atoms with Crippen LogP contribution >= 0.6 is 0 Å². The van der Waals surface area contributed by atoms with Gasteiger partial charge in [-0.25, -0.2) is 19.1 Å². The van der Waals surface area contributed by atoms with Gasteiger partial charge in [-0.15, -0.1) is 5.11 Å². The van der Waals surface area contributed by atoms with E-state index < -0.39 is 10.0 Å². The molecule has 0 aromatic heterocycles. The number of ether oxygens (including phenoxy) is 1. The van der Waals surface area contributed by atoms with Gasteiger partial charge in [0.25, 0.3) is 0 Å². The van der Waals surface area contributed by atoms with Crippen LogP contribution in [0.25, 0.3) is 11.1 Å². The molecular formula is C20H26N6O3S. The van der Waals surface area contributed by atoms with Crippen molar-refractivity contribution in [1.29, 1.82) is 5.53 Å². The van der Waals surface area contributed by atoms with Crippen molar-refractivity contribution >= 4 is 15.9 Å². The topological polar surface area (TPSA) is 147 Å². The van der Waals surface area contributed by atoms with Crippen molar-refractivity contribution in [2.75, 3.05) is 26.2 Å². The van der Waals surface area contributed by atoms with E-state index >= 15 is 0 Å². The van der Waals surface area contributed by atoms with Gasteiger partial charge in [-0.2, -0.15) is 5.10 Å². The van der Waals surface area contributed by atoms with Crippen LogP contribution in [0.2, 0.25) is 0 Å². The fourth-order valence-corrected chi connectivity index (χ4v) is 4.35. The zero-order valence-corrected chi connectivity index (χ0v) is 17.4. The first-order chi connectivity index (χ1) is 14.4.